The average molecular weight is 340 g/mol. The molecule has 1 aromatic heterocycles. The van der Waals surface area contributed by atoms with Crippen LogP contribution in [0.2, 0.25) is 0 Å². The summed E-state index contributed by atoms with van der Waals surface area (Å²) in [5, 5.41) is 18.2. The molecule has 8 bridgehead atoms. The van der Waals surface area contributed by atoms with Crippen LogP contribution in [0.3, 0.4) is 0 Å². The van der Waals surface area contributed by atoms with E-state index in [9.17, 15) is 0 Å². The van der Waals surface area contributed by atoms with Crippen molar-refractivity contribution in [3.05, 3.63) is 58.5 Å². The quantitative estimate of drug-likeness (QED) is 0.652. The SMILES string of the molecule is C1=Cc2cc3nc(cc4[nH]c(cc5nc(cc([nH]2)=C1)N=N5)C=CC=4)N=N3. The number of allylic oxidation sites excluding steroid dienone is 2. The second kappa shape index (κ2) is 5.85. The fraction of sp³-hybridized carbons (Fsp3) is 0. The Morgan fingerprint density at radius 3 is 1.42 bits per heavy atom. The number of H-pyrrole nitrogens is 2. The molecule has 5 heterocycles. The molecule has 0 aromatic carbocycles. The van der Waals surface area contributed by atoms with Gasteiger partial charge in [-0.15, -0.1) is 20.5 Å². The van der Waals surface area contributed by atoms with Gasteiger partial charge in [-0.3, -0.25) is 0 Å². The summed E-state index contributed by atoms with van der Waals surface area (Å²) in [6, 6.07) is 7.32. The maximum absolute atomic E-state index is 4.43. The third-order valence-electron chi connectivity index (χ3n) is 3.79. The number of aromatic amines is 2. The number of aromatic nitrogens is 4. The van der Waals surface area contributed by atoms with Crippen LogP contribution in [-0.2, 0) is 0 Å². The maximum atomic E-state index is 4.43. The van der Waals surface area contributed by atoms with Crippen molar-refractivity contribution >= 4 is 47.6 Å². The Balaban J connectivity index is 1.86. The molecule has 0 aliphatic carbocycles. The number of rotatable bonds is 0. The Bertz CT molecular complexity index is 1140. The summed E-state index contributed by atoms with van der Waals surface area (Å²) in [6.07, 6.45) is 11.6. The van der Waals surface area contributed by atoms with Gasteiger partial charge in [-0.25, -0.2) is 9.97 Å². The second-order valence-corrected chi connectivity index (χ2v) is 5.76. The lowest BCUT2D eigenvalue weighted by molar-refractivity contribution is 1.21. The molecule has 0 unspecified atom stereocenters. The molecule has 4 aliphatic rings. The van der Waals surface area contributed by atoms with Crippen LogP contribution in [0.4, 0.5) is 23.3 Å². The molecule has 0 radical (unpaired) electrons. The van der Waals surface area contributed by atoms with Gasteiger partial charge in [0, 0.05) is 46.4 Å². The number of azo groups is 2. The van der Waals surface area contributed by atoms with E-state index in [0.29, 0.717) is 23.3 Å². The average Bonchev–Trinajstić information content (AvgIpc) is 3.24. The molecule has 0 atom stereocenters. The summed E-state index contributed by atoms with van der Waals surface area (Å²) in [6.45, 7) is 0. The first-order valence-corrected chi connectivity index (χ1v) is 7.99. The van der Waals surface area contributed by atoms with Crippen molar-refractivity contribution in [1.29, 1.82) is 0 Å². The zero-order valence-electron chi connectivity index (χ0n) is 13.5. The largest absolute Gasteiger partial charge is 0.355 e. The molecule has 8 nitrogen and oxygen atoms in total. The van der Waals surface area contributed by atoms with Gasteiger partial charge in [0.25, 0.3) is 0 Å². The van der Waals surface area contributed by atoms with Crippen LogP contribution < -0.4 is 10.7 Å². The minimum atomic E-state index is 0.535. The Labute approximate surface area is 147 Å². The molecule has 26 heavy (non-hydrogen) atoms. The third kappa shape index (κ3) is 2.91. The van der Waals surface area contributed by atoms with Crippen LogP contribution in [0.15, 0.2) is 56.9 Å². The molecular formula is C18H12N8. The smallest absolute Gasteiger partial charge is 0.178 e. The molecule has 124 valence electrons. The van der Waals surface area contributed by atoms with E-state index in [4.69, 9.17) is 0 Å². The Kier molecular flexibility index (Phi) is 3.24. The van der Waals surface area contributed by atoms with E-state index >= 15 is 0 Å². The molecule has 0 fully saturated rings. The molecule has 1 aromatic rings. The van der Waals surface area contributed by atoms with Gasteiger partial charge in [0.05, 0.1) is 0 Å². The molecular weight excluding hydrogens is 328 g/mol. The van der Waals surface area contributed by atoms with Crippen molar-refractivity contribution in [1.82, 2.24) is 19.9 Å². The van der Waals surface area contributed by atoms with Crippen molar-refractivity contribution in [3.63, 3.8) is 0 Å². The lowest BCUT2D eigenvalue weighted by Crippen LogP contribution is -2.06. The Morgan fingerprint density at radius 2 is 0.962 bits per heavy atom. The molecule has 2 N–H and O–H groups in total. The first-order chi connectivity index (χ1) is 12.8. The number of nitrogens with one attached hydrogen (secondary N) is 2. The van der Waals surface area contributed by atoms with Crippen LogP contribution in [0.25, 0.3) is 24.3 Å². The van der Waals surface area contributed by atoms with Crippen molar-refractivity contribution < 1.29 is 0 Å². The summed E-state index contributed by atoms with van der Waals surface area (Å²) < 4.78 is 0. The standard InChI is InChI=1S/C18H12N8/c1-3-11-7-15-21-17(25-23-15)9-13-5-2-6-14(20-13)10-18-22-16(24-26-18)8-12(4-1)19-11/h1-10,19-20H. The highest BCUT2D eigenvalue weighted by molar-refractivity contribution is 5.61. The van der Waals surface area contributed by atoms with E-state index in [2.05, 4.69) is 40.4 Å². The van der Waals surface area contributed by atoms with Crippen molar-refractivity contribution in [2.24, 2.45) is 20.5 Å². The predicted molar refractivity (Wildman–Crippen MR) is 98.2 cm³/mol. The summed E-state index contributed by atoms with van der Waals surface area (Å²) in [4.78, 5) is 15.4. The van der Waals surface area contributed by atoms with Gasteiger partial charge >= 0.3 is 0 Å². The van der Waals surface area contributed by atoms with Gasteiger partial charge in [-0.05, 0) is 24.3 Å². The monoisotopic (exact) mass is 340 g/mol. The van der Waals surface area contributed by atoms with Crippen LogP contribution >= 0.6 is 0 Å². The molecule has 0 spiro atoms. The van der Waals surface area contributed by atoms with Gasteiger partial charge < -0.3 is 9.97 Å². The molecule has 5 rings (SSSR count). The van der Waals surface area contributed by atoms with E-state index in [1.54, 1.807) is 0 Å². The third-order valence-corrected chi connectivity index (χ3v) is 3.79. The van der Waals surface area contributed by atoms with E-state index < -0.39 is 0 Å². The second-order valence-electron chi connectivity index (χ2n) is 5.76. The highest BCUT2D eigenvalue weighted by atomic mass is 15.2. The minimum Gasteiger partial charge on any atom is -0.355 e. The lowest BCUT2D eigenvalue weighted by atomic mass is 10.3. The van der Waals surface area contributed by atoms with Crippen molar-refractivity contribution in [2.45, 2.75) is 0 Å². The predicted octanol–water partition coefficient (Wildman–Crippen LogP) is 3.58. The highest BCUT2D eigenvalue weighted by Crippen LogP contribution is 2.22. The minimum absolute atomic E-state index is 0.535. The highest BCUT2D eigenvalue weighted by Gasteiger charge is 2.04. The van der Waals surface area contributed by atoms with Crippen molar-refractivity contribution in [3.8, 4) is 0 Å². The normalized spacial score (nSPS) is 14.2. The molecule has 4 aliphatic heterocycles. The Morgan fingerprint density at radius 1 is 0.538 bits per heavy atom. The number of hydrogen-bond donors (Lipinski definition) is 2. The van der Waals surface area contributed by atoms with Crippen LogP contribution in [0.1, 0.15) is 11.4 Å². The molecule has 0 amide bonds. The fourth-order valence-electron chi connectivity index (χ4n) is 2.68. The van der Waals surface area contributed by atoms with E-state index in [1.165, 1.54) is 0 Å². The summed E-state index contributed by atoms with van der Waals surface area (Å²) >= 11 is 0. The summed E-state index contributed by atoms with van der Waals surface area (Å²) in [7, 11) is 0. The first-order valence-electron chi connectivity index (χ1n) is 7.99. The number of hydrogen-bond acceptors (Lipinski definition) is 6. The zero-order valence-corrected chi connectivity index (χ0v) is 13.5. The lowest BCUT2D eigenvalue weighted by Gasteiger charge is -1.96. The maximum Gasteiger partial charge on any atom is 0.178 e. The van der Waals surface area contributed by atoms with Gasteiger partial charge in [0.1, 0.15) is 0 Å². The van der Waals surface area contributed by atoms with Gasteiger partial charge in [0.2, 0.25) is 0 Å². The molecule has 0 saturated heterocycles. The van der Waals surface area contributed by atoms with Crippen LogP contribution in [0, 0.1) is 0 Å². The summed E-state index contributed by atoms with van der Waals surface area (Å²) in [5.41, 5.74) is 1.70. The Hall–Kier alpha value is -3.94. The van der Waals surface area contributed by atoms with Crippen molar-refractivity contribution in [2.75, 3.05) is 0 Å². The summed E-state index contributed by atoms with van der Waals surface area (Å²) in [5.74, 6) is 2.14. The first kappa shape index (κ1) is 14.4. The van der Waals surface area contributed by atoms with E-state index in [-0.39, 0.29) is 0 Å². The van der Waals surface area contributed by atoms with Crippen LogP contribution in [0.5, 0.6) is 0 Å². The topological polar surface area (TPSA) is 107 Å². The van der Waals surface area contributed by atoms with E-state index in [1.807, 2.05) is 60.7 Å². The van der Waals surface area contributed by atoms with Gasteiger partial charge in [-0.1, -0.05) is 12.2 Å². The number of nitrogens with zero attached hydrogens (tertiary/aromatic N) is 6. The van der Waals surface area contributed by atoms with E-state index in [0.717, 1.165) is 22.1 Å². The van der Waals surface area contributed by atoms with Gasteiger partial charge in [-0.2, -0.15) is 0 Å². The fourth-order valence-corrected chi connectivity index (χ4v) is 2.68. The zero-order chi connectivity index (χ0) is 17.3. The van der Waals surface area contributed by atoms with Crippen LogP contribution in [-0.4, -0.2) is 19.9 Å². The number of fused-ring (bicyclic) bond motifs is 8. The van der Waals surface area contributed by atoms with Gasteiger partial charge in [0.15, 0.2) is 23.3 Å². The molecule has 0 saturated carbocycles. The molecule has 8 heteroatoms.